The van der Waals surface area contributed by atoms with Gasteiger partial charge in [0.15, 0.2) is 0 Å². The zero-order chi connectivity index (χ0) is 21.6. The number of para-hydroxylation sites is 1. The van der Waals surface area contributed by atoms with E-state index >= 15 is 0 Å². The Morgan fingerprint density at radius 3 is 2.55 bits per heavy atom. The molecule has 0 saturated carbocycles. The molecule has 0 spiro atoms. The predicted molar refractivity (Wildman–Crippen MR) is 123 cm³/mol. The number of nitrogens with zero attached hydrogens (tertiary/aromatic N) is 2. The summed E-state index contributed by atoms with van der Waals surface area (Å²) in [6.45, 7) is 5.68. The van der Waals surface area contributed by atoms with Gasteiger partial charge in [0.05, 0.1) is 6.61 Å². The molecule has 4 rings (SSSR count). The van der Waals surface area contributed by atoms with Crippen molar-refractivity contribution < 1.29 is 14.3 Å². The molecule has 2 aromatic carbocycles. The number of rotatable bonds is 7. The highest BCUT2D eigenvalue weighted by molar-refractivity contribution is 5.97. The number of aryl methyl sites for hydroxylation is 1. The van der Waals surface area contributed by atoms with E-state index in [0.29, 0.717) is 31.7 Å². The lowest BCUT2D eigenvalue weighted by molar-refractivity contribution is -0.119. The normalized spacial score (nSPS) is 16.7. The summed E-state index contributed by atoms with van der Waals surface area (Å²) in [5.74, 6) is 1.02. The van der Waals surface area contributed by atoms with Gasteiger partial charge in [0, 0.05) is 36.8 Å². The van der Waals surface area contributed by atoms with Crippen LogP contribution in [-0.4, -0.2) is 42.5 Å². The summed E-state index contributed by atoms with van der Waals surface area (Å²) in [6.07, 6.45) is 6.74. The van der Waals surface area contributed by atoms with E-state index < -0.39 is 0 Å². The molecule has 5 heteroatoms. The predicted octanol–water partition coefficient (Wildman–Crippen LogP) is 4.62. The number of allylic oxidation sites excluding steroid dienone is 1. The molecule has 0 aliphatic carbocycles. The number of carbonyl (C=O) groups is 2. The fraction of sp³-hybridized carbons (Fsp3) is 0.385. The van der Waals surface area contributed by atoms with Gasteiger partial charge in [-0.1, -0.05) is 24.3 Å². The number of amides is 2. The Morgan fingerprint density at radius 2 is 1.81 bits per heavy atom. The van der Waals surface area contributed by atoms with Crippen molar-refractivity contribution in [2.75, 3.05) is 24.6 Å². The highest BCUT2D eigenvalue weighted by Gasteiger charge is 2.33. The number of fused-ring (bicyclic) bond motifs is 1. The van der Waals surface area contributed by atoms with Crippen molar-refractivity contribution in [3.63, 3.8) is 0 Å². The maximum Gasteiger partial charge on any atom is 0.253 e. The molecule has 2 heterocycles. The highest BCUT2D eigenvalue weighted by Crippen LogP contribution is 2.32. The van der Waals surface area contributed by atoms with Gasteiger partial charge in [-0.15, -0.1) is 6.58 Å². The number of likely N-dealkylation sites (tertiary alicyclic amines) is 1. The van der Waals surface area contributed by atoms with E-state index in [1.165, 1.54) is 5.56 Å². The summed E-state index contributed by atoms with van der Waals surface area (Å²) >= 11 is 0. The molecule has 162 valence electrons. The first-order valence-electron chi connectivity index (χ1n) is 11.2. The first kappa shape index (κ1) is 21.2. The Morgan fingerprint density at radius 1 is 1.06 bits per heavy atom. The van der Waals surface area contributed by atoms with Crippen molar-refractivity contribution in [1.29, 1.82) is 0 Å². The summed E-state index contributed by atoms with van der Waals surface area (Å²) < 4.78 is 5.70. The monoisotopic (exact) mass is 418 g/mol. The fourth-order valence-corrected chi connectivity index (χ4v) is 4.48. The van der Waals surface area contributed by atoms with Gasteiger partial charge in [0.2, 0.25) is 5.91 Å². The summed E-state index contributed by atoms with van der Waals surface area (Å²) in [7, 11) is 0. The maximum absolute atomic E-state index is 12.9. The van der Waals surface area contributed by atoms with E-state index in [4.69, 9.17) is 4.74 Å². The third-order valence-corrected chi connectivity index (χ3v) is 6.17. The summed E-state index contributed by atoms with van der Waals surface area (Å²) in [5, 5.41) is 0. The molecule has 2 amide bonds. The third-order valence-electron chi connectivity index (χ3n) is 6.17. The quantitative estimate of drug-likeness (QED) is 0.487. The standard InChI is InChI=1S/C26H30N2O3/c1-2-3-6-19-31-23-12-9-21(10-13-23)26(30)27-17-15-22(16-18-27)28-24-8-5-4-7-20(24)11-14-25(28)29/h2,4-5,7-10,12-13,22H,1,3,6,11,14-19H2. The SMILES string of the molecule is C=CCCCOc1ccc(C(=O)N2CCC(N3C(=O)CCc4ccccc43)CC2)cc1. The topological polar surface area (TPSA) is 49.9 Å². The summed E-state index contributed by atoms with van der Waals surface area (Å²) in [5.41, 5.74) is 2.97. The average molecular weight is 419 g/mol. The Balaban J connectivity index is 1.34. The molecule has 0 bridgehead atoms. The average Bonchev–Trinajstić information content (AvgIpc) is 2.82. The van der Waals surface area contributed by atoms with Crippen molar-refractivity contribution in [1.82, 2.24) is 4.90 Å². The first-order valence-corrected chi connectivity index (χ1v) is 11.2. The molecule has 2 aromatic rings. The number of ether oxygens (including phenoxy) is 1. The van der Waals surface area contributed by atoms with Crippen LogP contribution in [0.2, 0.25) is 0 Å². The number of hydrogen-bond donors (Lipinski definition) is 0. The van der Waals surface area contributed by atoms with E-state index in [-0.39, 0.29) is 17.9 Å². The second-order valence-electron chi connectivity index (χ2n) is 8.22. The zero-order valence-electron chi connectivity index (χ0n) is 18.0. The van der Waals surface area contributed by atoms with Crippen LogP contribution in [0.1, 0.15) is 48.0 Å². The van der Waals surface area contributed by atoms with E-state index in [2.05, 4.69) is 12.6 Å². The van der Waals surface area contributed by atoms with Crippen LogP contribution in [0.4, 0.5) is 5.69 Å². The molecular weight excluding hydrogens is 388 g/mol. The lowest BCUT2D eigenvalue weighted by Gasteiger charge is -2.41. The lowest BCUT2D eigenvalue weighted by Crippen LogP contribution is -2.50. The number of hydrogen-bond acceptors (Lipinski definition) is 3. The minimum absolute atomic E-state index is 0.0435. The minimum atomic E-state index is 0.0435. The van der Waals surface area contributed by atoms with Crippen molar-refractivity contribution in [2.24, 2.45) is 0 Å². The summed E-state index contributed by atoms with van der Waals surface area (Å²) in [6, 6.07) is 15.7. The number of benzene rings is 2. The first-order chi connectivity index (χ1) is 15.2. The third kappa shape index (κ3) is 4.82. The Kier molecular flexibility index (Phi) is 6.70. The van der Waals surface area contributed by atoms with Crippen LogP contribution in [0.25, 0.3) is 0 Å². The van der Waals surface area contributed by atoms with Crippen LogP contribution in [0, 0.1) is 0 Å². The summed E-state index contributed by atoms with van der Waals surface area (Å²) in [4.78, 5) is 29.5. The zero-order valence-corrected chi connectivity index (χ0v) is 18.0. The van der Waals surface area contributed by atoms with Crippen LogP contribution in [0.15, 0.2) is 61.2 Å². The van der Waals surface area contributed by atoms with Crippen molar-refractivity contribution in [3.05, 3.63) is 72.3 Å². The van der Waals surface area contributed by atoms with Gasteiger partial charge in [-0.25, -0.2) is 0 Å². The fourth-order valence-electron chi connectivity index (χ4n) is 4.48. The van der Waals surface area contributed by atoms with Crippen molar-refractivity contribution in [3.8, 4) is 5.75 Å². The second-order valence-corrected chi connectivity index (χ2v) is 8.22. The number of piperidine rings is 1. The van der Waals surface area contributed by atoms with E-state index in [9.17, 15) is 9.59 Å². The van der Waals surface area contributed by atoms with Crippen LogP contribution >= 0.6 is 0 Å². The molecule has 1 fully saturated rings. The van der Waals surface area contributed by atoms with E-state index in [0.717, 1.165) is 43.5 Å². The van der Waals surface area contributed by atoms with Gasteiger partial charge >= 0.3 is 0 Å². The lowest BCUT2D eigenvalue weighted by atomic mass is 9.95. The smallest absolute Gasteiger partial charge is 0.253 e. The Bertz CT molecular complexity index is 930. The molecule has 0 N–H and O–H groups in total. The maximum atomic E-state index is 12.9. The molecule has 0 aromatic heterocycles. The minimum Gasteiger partial charge on any atom is -0.494 e. The van der Waals surface area contributed by atoms with Gasteiger partial charge in [-0.05, 0) is 68.0 Å². The van der Waals surface area contributed by atoms with Gasteiger partial charge < -0.3 is 14.5 Å². The van der Waals surface area contributed by atoms with E-state index in [1.807, 2.05) is 58.3 Å². The Hall–Kier alpha value is -3.08. The van der Waals surface area contributed by atoms with Crippen molar-refractivity contribution in [2.45, 2.75) is 44.6 Å². The van der Waals surface area contributed by atoms with Crippen molar-refractivity contribution >= 4 is 17.5 Å². The molecule has 2 aliphatic heterocycles. The molecule has 0 atom stereocenters. The molecule has 0 radical (unpaired) electrons. The molecule has 1 saturated heterocycles. The largest absolute Gasteiger partial charge is 0.494 e. The van der Waals surface area contributed by atoms with Crippen LogP contribution in [-0.2, 0) is 11.2 Å². The molecule has 31 heavy (non-hydrogen) atoms. The number of unbranched alkanes of at least 4 members (excludes halogenated alkanes) is 1. The van der Waals surface area contributed by atoms with Gasteiger partial charge in [-0.2, -0.15) is 0 Å². The van der Waals surface area contributed by atoms with Gasteiger partial charge in [0.25, 0.3) is 5.91 Å². The van der Waals surface area contributed by atoms with Crippen LogP contribution in [0.5, 0.6) is 5.75 Å². The highest BCUT2D eigenvalue weighted by atomic mass is 16.5. The van der Waals surface area contributed by atoms with Crippen LogP contribution < -0.4 is 9.64 Å². The van der Waals surface area contributed by atoms with Crippen LogP contribution in [0.3, 0.4) is 0 Å². The second kappa shape index (κ2) is 9.82. The van der Waals surface area contributed by atoms with Gasteiger partial charge in [0.1, 0.15) is 5.75 Å². The molecule has 2 aliphatic rings. The number of carbonyl (C=O) groups excluding carboxylic acids is 2. The Labute approximate surface area is 184 Å². The molecule has 0 unspecified atom stereocenters. The van der Waals surface area contributed by atoms with E-state index in [1.54, 1.807) is 0 Å². The van der Waals surface area contributed by atoms with Gasteiger partial charge in [-0.3, -0.25) is 9.59 Å². The number of anilines is 1. The molecule has 5 nitrogen and oxygen atoms in total. The molecular formula is C26H30N2O3.